The maximum Gasteiger partial charge on any atom is 0.407 e. The maximum atomic E-state index is 12.2. The summed E-state index contributed by atoms with van der Waals surface area (Å²) in [5.74, 6) is -1.85. The van der Waals surface area contributed by atoms with Gasteiger partial charge < -0.3 is 25.6 Å². The number of benzene rings is 2. The fourth-order valence-electron chi connectivity index (χ4n) is 3.71. The molecule has 0 heterocycles. The average Bonchev–Trinajstić information content (AvgIpc) is 3.08. The first kappa shape index (κ1) is 22.3. The predicted molar refractivity (Wildman–Crippen MR) is 114 cm³/mol. The highest BCUT2D eigenvalue weighted by molar-refractivity contribution is 5.83. The third kappa shape index (κ3) is 5.40. The quantitative estimate of drug-likeness (QED) is 0.487. The highest BCUT2D eigenvalue weighted by Gasteiger charge is 2.29. The van der Waals surface area contributed by atoms with Crippen LogP contribution in [0.15, 0.2) is 48.5 Å². The van der Waals surface area contributed by atoms with E-state index in [1.807, 2.05) is 36.4 Å². The molecule has 0 spiro atoms. The molecule has 2 unspecified atom stereocenters. The SMILES string of the molecule is CC(CCC(=O)NC(CO)C(=O)O)NC(=O)OCC1c2ccccc2-c2ccccc21. The second-order valence-corrected chi connectivity index (χ2v) is 7.55. The third-order valence-electron chi connectivity index (χ3n) is 5.33. The minimum absolute atomic E-state index is 0.00853. The zero-order chi connectivity index (χ0) is 22.4. The van der Waals surface area contributed by atoms with Crippen molar-refractivity contribution in [3.63, 3.8) is 0 Å². The summed E-state index contributed by atoms with van der Waals surface area (Å²) < 4.78 is 5.47. The number of aliphatic hydroxyl groups excluding tert-OH is 1. The van der Waals surface area contributed by atoms with Gasteiger partial charge in [0.05, 0.1) is 6.61 Å². The Hall–Kier alpha value is -3.39. The van der Waals surface area contributed by atoms with Gasteiger partial charge in [-0.2, -0.15) is 0 Å². The third-order valence-corrected chi connectivity index (χ3v) is 5.33. The van der Waals surface area contributed by atoms with Gasteiger partial charge in [-0.25, -0.2) is 9.59 Å². The van der Waals surface area contributed by atoms with Crippen LogP contribution in [0.25, 0.3) is 11.1 Å². The number of carboxylic acid groups (broad SMARTS) is 1. The van der Waals surface area contributed by atoms with Crippen LogP contribution in [0.1, 0.15) is 36.8 Å². The van der Waals surface area contributed by atoms with E-state index in [9.17, 15) is 14.4 Å². The summed E-state index contributed by atoms with van der Waals surface area (Å²) in [4.78, 5) is 34.9. The molecule has 164 valence electrons. The van der Waals surface area contributed by atoms with Gasteiger partial charge in [0.1, 0.15) is 12.6 Å². The van der Waals surface area contributed by atoms with E-state index >= 15 is 0 Å². The number of alkyl carbamates (subject to hydrolysis) is 1. The van der Waals surface area contributed by atoms with E-state index in [1.165, 1.54) is 0 Å². The number of carbonyl (C=O) groups is 3. The van der Waals surface area contributed by atoms with Crippen molar-refractivity contribution < 1.29 is 29.3 Å². The summed E-state index contributed by atoms with van der Waals surface area (Å²) >= 11 is 0. The minimum atomic E-state index is -1.34. The van der Waals surface area contributed by atoms with Gasteiger partial charge in [-0.3, -0.25) is 4.79 Å². The average molecular weight is 426 g/mol. The predicted octanol–water partition coefficient (Wildman–Crippen LogP) is 2.26. The lowest BCUT2D eigenvalue weighted by Crippen LogP contribution is -2.43. The van der Waals surface area contributed by atoms with Crippen molar-refractivity contribution in [3.05, 3.63) is 59.7 Å². The largest absolute Gasteiger partial charge is 0.480 e. The molecular weight excluding hydrogens is 400 g/mol. The van der Waals surface area contributed by atoms with Crippen LogP contribution in [0.4, 0.5) is 4.79 Å². The first-order valence-electron chi connectivity index (χ1n) is 10.1. The van der Waals surface area contributed by atoms with E-state index in [-0.39, 0.29) is 25.0 Å². The number of ether oxygens (including phenoxy) is 1. The minimum Gasteiger partial charge on any atom is -0.480 e. The van der Waals surface area contributed by atoms with Crippen molar-refractivity contribution in [3.8, 4) is 11.1 Å². The Kier molecular flexibility index (Phi) is 7.25. The van der Waals surface area contributed by atoms with Crippen molar-refractivity contribution in [1.29, 1.82) is 0 Å². The summed E-state index contributed by atoms with van der Waals surface area (Å²) in [7, 11) is 0. The fraction of sp³-hybridized carbons (Fsp3) is 0.348. The molecule has 8 heteroatoms. The number of aliphatic carboxylic acids is 1. The zero-order valence-corrected chi connectivity index (χ0v) is 17.2. The van der Waals surface area contributed by atoms with Crippen molar-refractivity contribution in [2.24, 2.45) is 0 Å². The normalized spacial score (nSPS) is 14.1. The molecule has 0 saturated carbocycles. The van der Waals surface area contributed by atoms with E-state index in [2.05, 4.69) is 22.8 Å². The van der Waals surface area contributed by atoms with Gasteiger partial charge >= 0.3 is 12.1 Å². The van der Waals surface area contributed by atoms with Crippen molar-refractivity contribution in [1.82, 2.24) is 10.6 Å². The topological polar surface area (TPSA) is 125 Å². The Morgan fingerprint density at radius 1 is 1.00 bits per heavy atom. The lowest BCUT2D eigenvalue weighted by atomic mass is 9.98. The molecule has 2 amide bonds. The van der Waals surface area contributed by atoms with Crippen LogP contribution in [0.2, 0.25) is 0 Å². The molecule has 0 fully saturated rings. The Balaban J connectivity index is 1.48. The van der Waals surface area contributed by atoms with E-state index in [4.69, 9.17) is 14.9 Å². The molecule has 0 saturated heterocycles. The Bertz CT molecular complexity index is 915. The standard InChI is InChI=1S/C23H26N2O6/c1-14(10-11-21(27)25-20(12-26)22(28)29)24-23(30)31-13-19-17-8-4-2-6-15(17)16-7-3-5-9-18(16)19/h2-9,14,19-20,26H,10-13H2,1H3,(H,24,30)(H,25,27)(H,28,29). The molecule has 1 aliphatic rings. The van der Waals surface area contributed by atoms with Gasteiger partial charge in [0.25, 0.3) is 0 Å². The van der Waals surface area contributed by atoms with Crippen LogP contribution in [0.3, 0.4) is 0 Å². The molecule has 2 atom stereocenters. The summed E-state index contributed by atoms with van der Waals surface area (Å²) in [5, 5.41) is 22.7. The van der Waals surface area contributed by atoms with E-state index in [0.717, 1.165) is 22.3 Å². The van der Waals surface area contributed by atoms with E-state index in [1.54, 1.807) is 6.92 Å². The number of hydrogen-bond acceptors (Lipinski definition) is 5. The summed E-state index contributed by atoms with van der Waals surface area (Å²) in [6, 6.07) is 14.4. The molecule has 0 aromatic heterocycles. The molecular formula is C23H26N2O6. The van der Waals surface area contributed by atoms with Gasteiger partial charge in [-0.15, -0.1) is 0 Å². The number of rotatable bonds is 9. The molecule has 8 nitrogen and oxygen atoms in total. The lowest BCUT2D eigenvalue weighted by molar-refractivity contribution is -0.142. The number of nitrogens with one attached hydrogen (secondary N) is 2. The maximum absolute atomic E-state index is 12.2. The Morgan fingerprint density at radius 2 is 1.58 bits per heavy atom. The number of hydrogen-bond donors (Lipinski definition) is 4. The van der Waals surface area contributed by atoms with E-state index < -0.39 is 30.6 Å². The lowest BCUT2D eigenvalue weighted by Gasteiger charge is -2.17. The highest BCUT2D eigenvalue weighted by atomic mass is 16.5. The molecule has 0 aliphatic heterocycles. The molecule has 2 aromatic rings. The summed E-state index contributed by atoms with van der Waals surface area (Å²) in [5.41, 5.74) is 4.54. The smallest absolute Gasteiger partial charge is 0.407 e. The fourth-order valence-corrected chi connectivity index (χ4v) is 3.71. The van der Waals surface area contributed by atoms with Crippen LogP contribution >= 0.6 is 0 Å². The molecule has 3 rings (SSSR count). The van der Waals surface area contributed by atoms with Crippen LogP contribution < -0.4 is 10.6 Å². The van der Waals surface area contributed by atoms with Crippen molar-refractivity contribution in [2.75, 3.05) is 13.2 Å². The van der Waals surface area contributed by atoms with Gasteiger partial charge in [0.15, 0.2) is 0 Å². The first-order chi connectivity index (χ1) is 14.9. The van der Waals surface area contributed by atoms with Gasteiger partial charge in [-0.05, 0) is 35.6 Å². The van der Waals surface area contributed by atoms with Gasteiger partial charge in [-0.1, -0.05) is 48.5 Å². The number of carbonyl (C=O) groups excluding carboxylic acids is 2. The molecule has 0 bridgehead atoms. The van der Waals surface area contributed by atoms with Crippen LogP contribution in [0, 0.1) is 0 Å². The number of amides is 2. The van der Waals surface area contributed by atoms with Crippen LogP contribution in [0.5, 0.6) is 0 Å². The Labute approximate surface area is 180 Å². The zero-order valence-electron chi connectivity index (χ0n) is 17.2. The number of aliphatic hydroxyl groups is 1. The molecule has 31 heavy (non-hydrogen) atoms. The Morgan fingerprint density at radius 3 is 2.13 bits per heavy atom. The first-order valence-corrected chi connectivity index (χ1v) is 10.1. The van der Waals surface area contributed by atoms with Gasteiger partial charge in [0.2, 0.25) is 5.91 Å². The van der Waals surface area contributed by atoms with Crippen molar-refractivity contribution >= 4 is 18.0 Å². The summed E-state index contributed by atoms with van der Waals surface area (Å²) in [6.07, 6.45) is -0.267. The molecule has 2 aromatic carbocycles. The highest BCUT2D eigenvalue weighted by Crippen LogP contribution is 2.44. The molecule has 0 radical (unpaired) electrons. The van der Waals surface area contributed by atoms with E-state index in [0.29, 0.717) is 6.42 Å². The van der Waals surface area contributed by atoms with Crippen molar-refractivity contribution in [2.45, 2.75) is 37.8 Å². The molecule has 4 N–H and O–H groups in total. The number of carboxylic acids is 1. The monoisotopic (exact) mass is 426 g/mol. The second kappa shape index (κ2) is 10.1. The molecule has 1 aliphatic carbocycles. The number of fused-ring (bicyclic) bond motifs is 3. The van der Waals surface area contributed by atoms with Crippen LogP contribution in [-0.4, -0.2) is 53.5 Å². The van der Waals surface area contributed by atoms with Crippen LogP contribution in [-0.2, 0) is 14.3 Å². The second-order valence-electron chi connectivity index (χ2n) is 7.55. The summed E-state index contributed by atoms with van der Waals surface area (Å²) in [6.45, 7) is 1.24. The van der Waals surface area contributed by atoms with Gasteiger partial charge in [0, 0.05) is 18.4 Å².